The fourth-order valence-corrected chi connectivity index (χ4v) is 3.88. The van der Waals surface area contributed by atoms with Crippen LogP contribution in [0.15, 0.2) is 30.3 Å². The molecule has 0 N–H and O–H groups in total. The van der Waals surface area contributed by atoms with Crippen LogP contribution in [0, 0.1) is 13.8 Å². The van der Waals surface area contributed by atoms with Crippen molar-refractivity contribution in [1.29, 1.82) is 0 Å². The van der Waals surface area contributed by atoms with Gasteiger partial charge in [-0.15, -0.1) is 0 Å². The van der Waals surface area contributed by atoms with Gasteiger partial charge < -0.3 is 14.7 Å². The number of nitrogens with zero attached hydrogens (tertiary/aromatic N) is 5. The minimum atomic E-state index is 0.0184. The third-order valence-corrected chi connectivity index (χ3v) is 5.38. The maximum Gasteiger partial charge on any atom is 0.272 e. The second-order valence-electron chi connectivity index (χ2n) is 7.51. The molecule has 0 saturated carbocycles. The average Bonchev–Trinajstić information content (AvgIpc) is 3.22. The minimum Gasteiger partial charge on any atom is -0.368 e. The number of rotatable bonds is 3. The molecule has 0 spiro atoms. The molecule has 2 aliphatic rings. The maximum absolute atomic E-state index is 13.0. The zero-order valence-electron chi connectivity index (χ0n) is 16.2. The summed E-state index contributed by atoms with van der Waals surface area (Å²) in [5.41, 5.74) is 3.87. The molecule has 1 aromatic heterocycles. The van der Waals surface area contributed by atoms with Crippen LogP contribution in [-0.4, -0.2) is 60.0 Å². The Hall–Kier alpha value is -2.63. The van der Waals surface area contributed by atoms with Crippen LogP contribution in [0.3, 0.4) is 0 Å². The highest BCUT2D eigenvalue weighted by Crippen LogP contribution is 2.20. The van der Waals surface area contributed by atoms with Crippen LogP contribution in [0.5, 0.6) is 0 Å². The number of hydrogen-bond donors (Lipinski definition) is 0. The van der Waals surface area contributed by atoms with E-state index >= 15 is 0 Å². The first-order chi connectivity index (χ1) is 13.1. The largest absolute Gasteiger partial charge is 0.368 e. The van der Waals surface area contributed by atoms with E-state index in [2.05, 4.69) is 51.0 Å². The third-order valence-electron chi connectivity index (χ3n) is 5.38. The second kappa shape index (κ2) is 7.55. The van der Waals surface area contributed by atoms with Crippen LogP contribution >= 0.6 is 0 Å². The summed E-state index contributed by atoms with van der Waals surface area (Å²) in [7, 11) is 0. The lowest BCUT2D eigenvalue weighted by molar-refractivity contribution is 0.0740. The number of benzene rings is 1. The molecule has 6 nitrogen and oxygen atoms in total. The van der Waals surface area contributed by atoms with Crippen molar-refractivity contribution in [3.8, 4) is 0 Å². The topological polar surface area (TPSA) is 52.6 Å². The monoisotopic (exact) mass is 365 g/mol. The normalized spacial score (nSPS) is 17.5. The Morgan fingerprint density at radius 2 is 1.63 bits per heavy atom. The molecule has 1 amide bonds. The molecule has 2 saturated heterocycles. The first-order valence-corrected chi connectivity index (χ1v) is 9.82. The van der Waals surface area contributed by atoms with Crippen molar-refractivity contribution in [2.75, 3.05) is 49.1 Å². The lowest BCUT2D eigenvalue weighted by Gasteiger charge is -2.36. The number of amides is 1. The van der Waals surface area contributed by atoms with Gasteiger partial charge in [-0.25, -0.2) is 9.97 Å². The van der Waals surface area contributed by atoms with E-state index < -0.39 is 0 Å². The van der Waals surface area contributed by atoms with Gasteiger partial charge in [-0.05, 0) is 50.5 Å². The Kier molecular flexibility index (Phi) is 4.97. The van der Waals surface area contributed by atoms with Gasteiger partial charge in [0.15, 0.2) is 0 Å². The number of carbonyl (C=O) groups excluding carboxylic acids is 1. The third kappa shape index (κ3) is 3.89. The molecule has 142 valence electrons. The van der Waals surface area contributed by atoms with Crippen molar-refractivity contribution in [3.05, 3.63) is 47.3 Å². The van der Waals surface area contributed by atoms with E-state index in [1.54, 1.807) is 0 Å². The van der Waals surface area contributed by atoms with Gasteiger partial charge >= 0.3 is 0 Å². The van der Waals surface area contributed by atoms with Crippen molar-refractivity contribution in [2.24, 2.45) is 0 Å². The van der Waals surface area contributed by atoms with Crippen LogP contribution in [0.25, 0.3) is 0 Å². The predicted molar refractivity (Wildman–Crippen MR) is 108 cm³/mol. The van der Waals surface area contributed by atoms with Crippen LogP contribution in [-0.2, 0) is 0 Å². The van der Waals surface area contributed by atoms with E-state index in [1.807, 2.05) is 17.9 Å². The summed E-state index contributed by atoms with van der Waals surface area (Å²) < 4.78 is 0. The maximum atomic E-state index is 13.0. The van der Waals surface area contributed by atoms with Crippen LogP contribution in [0.1, 0.15) is 34.6 Å². The van der Waals surface area contributed by atoms with Crippen LogP contribution in [0.4, 0.5) is 11.6 Å². The van der Waals surface area contributed by atoms with Crippen LogP contribution < -0.4 is 9.80 Å². The molecule has 2 aliphatic heterocycles. The Morgan fingerprint density at radius 3 is 2.33 bits per heavy atom. The summed E-state index contributed by atoms with van der Waals surface area (Å²) in [4.78, 5) is 28.6. The van der Waals surface area contributed by atoms with Gasteiger partial charge in [0.1, 0.15) is 5.69 Å². The van der Waals surface area contributed by atoms with Gasteiger partial charge in [0.2, 0.25) is 5.95 Å². The molecule has 0 radical (unpaired) electrons. The van der Waals surface area contributed by atoms with Gasteiger partial charge in [-0.2, -0.15) is 0 Å². The molecule has 0 bridgehead atoms. The molecule has 2 aromatic rings. The first-order valence-electron chi connectivity index (χ1n) is 9.82. The molecule has 0 unspecified atom stereocenters. The van der Waals surface area contributed by atoms with E-state index in [-0.39, 0.29) is 5.91 Å². The fraction of sp³-hybridized carbons (Fsp3) is 0.476. The average molecular weight is 365 g/mol. The smallest absolute Gasteiger partial charge is 0.272 e. The predicted octanol–water partition coefficient (Wildman–Crippen LogP) is 2.66. The van der Waals surface area contributed by atoms with E-state index in [1.165, 1.54) is 24.1 Å². The van der Waals surface area contributed by atoms with Crippen molar-refractivity contribution in [2.45, 2.75) is 26.7 Å². The van der Waals surface area contributed by atoms with Crippen molar-refractivity contribution < 1.29 is 4.79 Å². The van der Waals surface area contributed by atoms with Gasteiger partial charge in [0.25, 0.3) is 5.91 Å². The summed E-state index contributed by atoms with van der Waals surface area (Å²) in [5.74, 6) is 0.721. The van der Waals surface area contributed by atoms with Gasteiger partial charge in [0.05, 0.1) is 0 Å². The zero-order chi connectivity index (χ0) is 18.8. The van der Waals surface area contributed by atoms with E-state index in [9.17, 15) is 4.79 Å². The summed E-state index contributed by atoms with van der Waals surface area (Å²) in [5, 5.41) is 0. The summed E-state index contributed by atoms with van der Waals surface area (Å²) in [6, 6.07) is 10.4. The quantitative estimate of drug-likeness (QED) is 0.837. The Morgan fingerprint density at radius 1 is 0.889 bits per heavy atom. The standard InChI is InChI=1S/C21H27N5O/c1-16-6-5-7-18(14-16)24-10-12-25(13-11-24)20(27)19-15-17(2)22-21(23-19)26-8-3-4-9-26/h5-7,14-15H,3-4,8-13H2,1-2H3. The molecule has 3 heterocycles. The highest BCUT2D eigenvalue weighted by atomic mass is 16.2. The Balaban J connectivity index is 1.45. The molecule has 4 rings (SSSR count). The first kappa shape index (κ1) is 17.8. The second-order valence-corrected chi connectivity index (χ2v) is 7.51. The minimum absolute atomic E-state index is 0.0184. The molecule has 6 heteroatoms. The van der Waals surface area contributed by atoms with Gasteiger partial charge in [0, 0.05) is 50.6 Å². The van der Waals surface area contributed by atoms with Gasteiger partial charge in [-0.3, -0.25) is 4.79 Å². The van der Waals surface area contributed by atoms with E-state index in [4.69, 9.17) is 0 Å². The zero-order valence-corrected chi connectivity index (χ0v) is 16.2. The fourth-order valence-electron chi connectivity index (χ4n) is 3.88. The van der Waals surface area contributed by atoms with Crippen LogP contribution in [0.2, 0.25) is 0 Å². The molecule has 27 heavy (non-hydrogen) atoms. The highest BCUT2D eigenvalue weighted by Gasteiger charge is 2.25. The van der Waals surface area contributed by atoms with Gasteiger partial charge in [-0.1, -0.05) is 12.1 Å². The SMILES string of the molecule is Cc1cccc(N2CCN(C(=O)c3cc(C)nc(N4CCCC4)n3)CC2)c1. The molecular weight excluding hydrogens is 338 g/mol. The number of aryl methyl sites for hydroxylation is 2. The highest BCUT2D eigenvalue weighted by molar-refractivity contribution is 5.93. The summed E-state index contributed by atoms with van der Waals surface area (Å²) >= 11 is 0. The number of anilines is 2. The lowest BCUT2D eigenvalue weighted by Crippen LogP contribution is -2.49. The molecule has 0 atom stereocenters. The Bertz CT molecular complexity index is 823. The van der Waals surface area contributed by atoms with Crippen molar-refractivity contribution in [1.82, 2.24) is 14.9 Å². The summed E-state index contributed by atoms with van der Waals surface area (Å²) in [6.07, 6.45) is 2.34. The van der Waals surface area contributed by atoms with E-state index in [0.29, 0.717) is 11.6 Å². The summed E-state index contributed by atoms with van der Waals surface area (Å²) in [6.45, 7) is 9.13. The number of carbonyl (C=O) groups is 1. The number of hydrogen-bond acceptors (Lipinski definition) is 5. The molecule has 1 aromatic carbocycles. The number of piperazine rings is 1. The number of aromatic nitrogens is 2. The Labute approximate surface area is 160 Å². The molecular formula is C21H27N5O. The van der Waals surface area contributed by atoms with Crippen molar-refractivity contribution >= 4 is 17.5 Å². The molecule has 2 fully saturated rings. The van der Waals surface area contributed by atoms with E-state index in [0.717, 1.165) is 45.0 Å². The van der Waals surface area contributed by atoms with Crippen molar-refractivity contribution in [3.63, 3.8) is 0 Å². The lowest BCUT2D eigenvalue weighted by atomic mass is 10.2. The molecule has 0 aliphatic carbocycles.